The first kappa shape index (κ1) is 10.5. The van der Waals surface area contributed by atoms with E-state index in [0.717, 1.165) is 6.42 Å². The Morgan fingerprint density at radius 1 is 1.59 bits per heavy atom. The lowest BCUT2D eigenvalue weighted by Gasteiger charge is -2.14. The molecule has 3 atom stereocenters. The molecule has 0 radical (unpaired) electrons. The normalized spacial score (nSPS) is 33.8. The lowest BCUT2D eigenvalue weighted by atomic mass is 10.1. The number of aliphatic hydroxyl groups excluding tert-OH is 1. The summed E-state index contributed by atoms with van der Waals surface area (Å²) in [6.07, 6.45) is 6.42. The number of fused-ring (bicyclic) bond motifs is 1. The van der Waals surface area contributed by atoms with Crippen molar-refractivity contribution in [1.82, 2.24) is 9.55 Å². The minimum Gasteiger partial charge on any atom is -0.396 e. The minimum absolute atomic E-state index is 0.111. The summed E-state index contributed by atoms with van der Waals surface area (Å²) in [6.45, 7) is 1.80. The summed E-state index contributed by atoms with van der Waals surface area (Å²) in [7, 11) is 0. The highest BCUT2D eigenvalue weighted by Gasteiger charge is 2.60. The van der Waals surface area contributed by atoms with Crippen molar-refractivity contribution < 1.29 is 5.11 Å². The summed E-state index contributed by atoms with van der Waals surface area (Å²) in [6, 6.07) is 0. The van der Waals surface area contributed by atoms with Gasteiger partial charge in [0.25, 0.3) is 5.56 Å². The first-order valence-corrected chi connectivity index (χ1v) is 5.72. The van der Waals surface area contributed by atoms with Crippen molar-refractivity contribution in [3.8, 4) is 0 Å². The Bertz CT molecular complexity index is 613. The smallest absolute Gasteiger partial charge is 0.329 e. The molecule has 1 aromatic rings. The van der Waals surface area contributed by atoms with Crippen LogP contribution >= 0.6 is 0 Å². The molecule has 0 spiro atoms. The van der Waals surface area contributed by atoms with Crippen LogP contribution in [0.15, 0.2) is 27.9 Å². The number of nitrogens with zero attached hydrogens (tertiary/aromatic N) is 1. The molecule has 0 aliphatic heterocycles. The zero-order chi connectivity index (χ0) is 12.2. The van der Waals surface area contributed by atoms with Gasteiger partial charge in [0.05, 0.1) is 5.54 Å². The van der Waals surface area contributed by atoms with Crippen LogP contribution < -0.4 is 11.2 Å². The largest absolute Gasteiger partial charge is 0.396 e. The number of hydrogen-bond donors (Lipinski definition) is 2. The third-order valence-electron chi connectivity index (χ3n) is 3.96. The summed E-state index contributed by atoms with van der Waals surface area (Å²) in [5.41, 5.74) is -0.475. The predicted octanol–water partition coefficient (Wildman–Crippen LogP) is -0.261. The Balaban J connectivity index is 2.09. The Labute approximate surface area is 97.4 Å². The van der Waals surface area contributed by atoms with Gasteiger partial charge in [-0.05, 0) is 19.3 Å². The van der Waals surface area contributed by atoms with E-state index in [1.165, 1.54) is 0 Å². The molecule has 1 fully saturated rings. The van der Waals surface area contributed by atoms with Crippen LogP contribution in [0.25, 0.3) is 0 Å². The van der Waals surface area contributed by atoms with Gasteiger partial charge in [-0.3, -0.25) is 14.3 Å². The molecule has 1 aromatic heterocycles. The summed E-state index contributed by atoms with van der Waals surface area (Å²) < 4.78 is 1.60. The number of allylic oxidation sites excluding steroid dienone is 1. The second kappa shape index (κ2) is 3.20. The van der Waals surface area contributed by atoms with Crippen molar-refractivity contribution in [2.24, 2.45) is 11.8 Å². The van der Waals surface area contributed by atoms with Crippen LogP contribution in [-0.4, -0.2) is 21.3 Å². The second-order valence-corrected chi connectivity index (χ2v) is 4.95. The number of rotatable bonds is 2. The molecule has 3 rings (SSSR count). The molecule has 5 nitrogen and oxygen atoms in total. The molecule has 0 saturated heterocycles. The average molecular weight is 234 g/mol. The SMILES string of the molecule is Cc1cn(C23C=C[C@@H](CO)[C@@H]2C3)c(=O)[nH]c1=O. The average Bonchev–Trinajstić information content (AvgIpc) is 2.92. The quantitative estimate of drug-likeness (QED) is 0.692. The molecule has 2 N–H and O–H groups in total. The van der Waals surface area contributed by atoms with E-state index in [1.807, 2.05) is 12.2 Å². The molecule has 1 saturated carbocycles. The number of nitrogens with one attached hydrogen (secondary N) is 1. The molecule has 1 heterocycles. The van der Waals surface area contributed by atoms with Gasteiger partial charge in [-0.2, -0.15) is 0 Å². The molecular formula is C12H14N2O3. The van der Waals surface area contributed by atoms with Crippen LogP contribution in [0.4, 0.5) is 0 Å². The van der Waals surface area contributed by atoms with Gasteiger partial charge < -0.3 is 5.11 Å². The Morgan fingerprint density at radius 3 is 2.94 bits per heavy atom. The van der Waals surface area contributed by atoms with E-state index < -0.39 is 0 Å². The summed E-state index contributed by atoms with van der Waals surface area (Å²) >= 11 is 0. The van der Waals surface area contributed by atoms with E-state index in [2.05, 4.69) is 4.98 Å². The van der Waals surface area contributed by atoms with Gasteiger partial charge in [-0.15, -0.1) is 0 Å². The van der Waals surface area contributed by atoms with Crippen molar-refractivity contribution in [3.05, 3.63) is 44.8 Å². The molecule has 2 aliphatic rings. The van der Waals surface area contributed by atoms with Crippen molar-refractivity contribution in [1.29, 1.82) is 0 Å². The van der Waals surface area contributed by atoms with Gasteiger partial charge in [0.2, 0.25) is 0 Å². The second-order valence-electron chi connectivity index (χ2n) is 4.95. The van der Waals surface area contributed by atoms with Crippen LogP contribution in [0.1, 0.15) is 12.0 Å². The third-order valence-corrected chi connectivity index (χ3v) is 3.96. The van der Waals surface area contributed by atoms with Crippen molar-refractivity contribution in [2.45, 2.75) is 18.9 Å². The predicted molar refractivity (Wildman–Crippen MR) is 61.9 cm³/mol. The molecule has 0 bridgehead atoms. The number of aromatic amines is 1. The Hall–Kier alpha value is -1.62. The maximum atomic E-state index is 11.8. The van der Waals surface area contributed by atoms with Crippen LogP contribution in [-0.2, 0) is 5.54 Å². The van der Waals surface area contributed by atoms with E-state index in [0.29, 0.717) is 5.56 Å². The van der Waals surface area contributed by atoms with Gasteiger partial charge in [-0.1, -0.05) is 12.2 Å². The van der Waals surface area contributed by atoms with Gasteiger partial charge >= 0.3 is 5.69 Å². The maximum Gasteiger partial charge on any atom is 0.329 e. The fourth-order valence-corrected chi connectivity index (χ4v) is 2.85. The molecule has 17 heavy (non-hydrogen) atoms. The van der Waals surface area contributed by atoms with Gasteiger partial charge in [0.15, 0.2) is 0 Å². The van der Waals surface area contributed by atoms with E-state index in [1.54, 1.807) is 17.7 Å². The third kappa shape index (κ3) is 1.29. The van der Waals surface area contributed by atoms with Crippen molar-refractivity contribution in [2.75, 3.05) is 6.61 Å². The van der Waals surface area contributed by atoms with E-state index in [9.17, 15) is 14.7 Å². The summed E-state index contributed by atoms with van der Waals surface area (Å²) in [5, 5.41) is 9.20. The molecule has 0 aromatic carbocycles. The molecule has 2 aliphatic carbocycles. The molecule has 1 unspecified atom stereocenters. The zero-order valence-corrected chi connectivity index (χ0v) is 9.51. The van der Waals surface area contributed by atoms with Crippen molar-refractivity contribution in [3.63, 3.8) is 0 Å². The van der Waals surface area contributed by atoms with Crippen LogP contribution in [0.3, 0.4) is 0 Å². The minimum atomic E-state index is -0.369. The topological polar surface area (TPSA) is 75.1 Å². The fraction of sp³-hybridized carbons (Fsp3) is 0.500. The molecule has 90 valence electrons. The lowest BCUT2D eigenvalue weighted by molar-refractivity contribution is 0.236. The molecule has 0 amide bonds. The molecular weight excluding hydrogens is 220 g/mol. The summed E-state index contributed by atoms with van der Waals surface area (Å²) in [5.74, 6) is 0.421. The van der Waals surface area contributed by atoms with Crippen LogP contribution in [0.2, 0.25) is 0 Å². The first-order valence-electron chi connectivity index (χ1n) is 5.72. The number of aromatic nitrogens is 2. The van der Waals surface area contributed by atoms with Gasteiger partial charge in [0.1, 0.15) is 0 Å². The number of hydrogen-bond acceptors (Lipinski definition) is 3. The van der Waals surface area contributed by atoms with Crippen molar-refractivity contribution >= 4 is 0 Å². The maximum absolute atomic E-state index is 11.8. The van der Waals surface area contributed by atoms with Crippen LogP contribution in [0.5, 0.6) is 0 Å². The fourth-order valence-electron chi connectivity index (χ4n) is 2.85. The highest BCUT2D eigenvalue weighted by molar-refractivity contribution is 5.30. The first-order chi connectivity index (χ1) is 8.08. The summed E-state index contributed by atoms with van der Waals surface area (Å²) in [4.78, 5) is 25.5. The number of H-pyrrole nitrogens is 1. The Kier molecular flexibility index (Phi) is 1.98. The van der Waals surface area contributed by atoms with E-state index in [-0.39, 0.29) is 35.2 Å². The molecule has 5 heteroatoms. The monoisotopic (exact) mass is 234 g/mol. The van der Waals surface area contributed by atoms with Crippen LogP contribution in [0, 0.1) is 18.8 Å². The Morgan fingerprint density at radius 2 is 2.35 bits per heavy atom. The van der Waals surface area contributed by atoms with Gasteiger partial charge in [-0.25, -0.2) is 4.79 Å². The van der Waals surface area contributed by atoms with E-state index in [4.69, 9.17) is 0 Å². The lowest BCUT2D eigenvalue weighted by Crippen LogP contribution is -2.36. The standard InChI is InChI=1S/C12H14N2O3/c1-7-5-14(11(17)13-10(7)16)12-3-2-8(6-15)9(12)4-12/h2-3,5,8-9,15H,4,6H2,1H3,(H,13,16,17)/t8-,9-,12?/m0/s1. The highest BCUT2D eigenvalue weighted by atomic mass is 16.3. The van der Waals surface area contributed by atoms with Gasteiger partial charge in [0, 0.05) is 24.3 Å². The number of aliphatic hydroxyl groups is 1. The van der Waals surface area contributed by atoms with E-state index >= 15 is 0 Å². The zero-order valence-electron chi connectivity index (χ0n) is 9.51. The highest BCUT2D eigenvalue weighted by Crippen LogP contribution is 2.59. The number of aryl methyl sites for hydroxylation is 1.